The number of amides is 1. The van der Waals surface area contributed by atoms with Crippen LogP contribution in [0.4, 0.5) is 0 Å². The van der Waals surface area contributed by atoms with E-state index in [1.165, 1.54) is 0 Å². The van der Waals surface area contributed by atoms with Crippen molar-refractivity contribution in [1.82, 2.24) is 10.3 Å². The monoisotopic (exact) mass is 366 g/mol. The zero-order valence-corrected chi connectivity index (χ0v) is 14.4. The number of benzene rings is 2. The highest BCUT2D eigenvalue weighted by atomic mass is 35.5. The Balaban J connectivity index is 1.57. The molecule has 5 nitrogen and oxygen atoms in total. The van der Waals surface area contributed by atoms with Crippen LogP contribution >= 0.6 is 11.6 Å². The van der Waals surface area contributed by atoms with E-state index in [2.05, 4.69) is 10.3 Å². The van der Waals surface area contributed by atoms with Crippen LogP contribution < -0.4 is 14.8 Å². The number of carbonyl (C=O) groups is 1. The molecule has 1 aromatic heterocycles. The van der Waals surface area contributed by atoms with E-state index in [0.29, 0.717) is 16.5 Å². The lowest BCUT2D eigenvalue weighted by Gasteiger charge is -2.21. The topological polar surface area (TPSA) is 60.5 Å². The predicted octanol–water partition coefficient (Wildman–Crippen LogP) is 3.74. The Labute approximate surface area is 155 Å². The minimum absolute atomic E-state index is 0.363. The zero-order chi connectivity index (χ0) is 17.9. The van der Waals surface area contributed by atoms with Gasteiger partial charge in [-0.05, 0) is 47.5 Å². The Morgan fingerprint density at radius 3 is 2.12 bits per heavy atom. The van der Waals surface area contributed by atoms with Crippen molar-refractivity contribution in [1.29, 1.82) is 0 Å². The number of ether oxygens (including phenoxy) is 2. The molecule has 0 unspecified atom stereocenters. The average molecular weight is 367 g/mol. The number of nitrogens with one attached hydrogen (secondary N) is 1. The van der Waals surface area contributed by atoms with Crippen LogP contribution in [0.1, 0.15) is 17.2 Å². The van der Waals surface area contributed by atoms with Gasteiger partial charge < -0.3 is 14.8 Å². The number of rotatable bonds is 4. The van der Waals surface area contributed by atoms with E-state index in [0.717, 1.165) is 11.1 Å². The lowest BCUT2D eigenvalue weighted by atomic mass is 9.99. The number of para-hydroxylation sites is 2. The molecule has 0 spiro atoms. The van der Waals surface area contributed by atoms with E-state index in [-0.39, 0.29) is 11.9 Å². The Kier molecular flexibility index (Phi) is 4.46. The molecule has 0 saturated heterocycles. The third-order valence-electron chi connectivity index (χ3n) is 4.06. The molecule has 1 N–H and O–H groups in total. The normalized spacial score (nSPS) is 14.0. The molecule has 26 heavy (non-hydrogen) atoms. The van der Waals surface area contributed by atoms with Crippen molar-refractivity contribution in [3.05, 3.63) is 89.2 Å². The van der Waals surface area contributed by atoms with Crippen molar-refractivity contribution in [3.63, 3.8) is 0 Å². The molecule has 4 rings (SSSR count). The second kappa shape index (κ2) is 7.06. The van der Waals surface area contributed by atoms with E-state index in [4.69, 9.17) is 21.1 Å². The minimum Gasteiger partial charge on any atom is -0.442 e. The number of aromatic nitrogens is 1. The Bertz CT molecular complexity index is 891. The van der Waals surface area contributed by atoms with Gasteiger partial charge in [0.2, 0.25) is 0 Å². The van der Waals surface area contributed by atoms with Gasteiger partial charge >= 0.3 is 12.2 Å². The molecule has 0 bridgehead atoms. The van der Waals surface area contributed by atoms with Gasteiger partial charge in [-0.1, -0.05) is 35.9 Å². The number of halogens is 1. The van der Waals surface area contributed by atoms with Crippen LogP contribution in [-0.4, -0.2) is 17.2 Å². The lowest BCUT2D eigenvalue weighted by Crippen LogP contribution is -2.41. The molecule has 2 heterocycles. The molecule has 0 radical (unpaired) electrons. The highest BCUT2D eigenvalue weighted by Gasteiger charge is 2.32. The second-order valence-electron chi connectivity index (χ2n) is 5.79. The summed E-state index contributed by atoms with van der Waals surface area (Å²) >= 11 is 5.99. The van der Waals surface area contributed by atoms with Crippen molar-refractivity contribution < 1.29 is 14.3 Å². The van der Waals surface area contributed by atoms with Crippen LogP contribution in [0.5, 0.6) is 11.5 Å². The zero-order valence-electron chi connectivity index (χ0n) is 13.6. The summed E-state index contributed by atoms with van der Waals surface area (Å²) in [5.41, 5.74) is 1.79. The van der Waals surface area contributed by atoms with Crippen LogP contribution in [0.3, 0.4) is 0 Å². The molecule has 3 aromatic rings. The van der Waals surface area contributed by atoms with E-state index in [9.17, 15) is 4.79 Å². The fraction of sp³-hybridized carbons (Fsp3) is 0.100. The maximum Gasteiger partial charge on any atom is 0.321 e. The Morgan fingerprint density at radius 2 is 1.50 bits per heavy atom. The highest BCUT2D eigenvalue weighted by molar-refractivity contribution is 6.30. The molecular formula is C20H15ClN2O3. The molecule has 130 valence electrons. The van der Waals surface area contributed by atoms with Gasteiger partial charge in [0.05, 0.1) is 6.04 Å². The quantitative estimate of drug-likeness (QED) is 0.764. The first-order valence-corrected chi connectivity index (χ1v) is 8.46. The van der Waals surface area contributed by atoms with E-state index < -0.39 is 6.29 Å². The predicted molar refractivity (Wildman–Crippen MR) is 97.2 cm³/mol. The highest BCUT2D eigenvalue weighted by Crippen LogP contribution is 2.34. The van der Waals surface area contributed by atoms with E-state index >= 15 is 0 Å². The van der Waals surface area contributed by atoms with Crippen LogP contribution in [0.25, 0.3) is 0 Å². The van der Waals surface area contributed by atoms with Crippen molar-refractivity contribution in [2.24, 2.45) is 0 Å². The summed E-state index contributed by atoms with van der Waals surface area (Å²) < 4.78 is 11.2. The third-order valence-corrected chi connectivity index (χ3v) is 4.31. The summed E-state index contributed by atoms with van der Waals surface area (Å²) in [7, 11) is 0. The van der Waals surface area contributed by atoms with Crippen molar-refractivity contribution in [3.8, 4) is 11.5 Å². The number of fused-ring (bicyclic) bond motifs is 1. The second-order valence-corrected chi connectivity index (χ2v) is 6.22. The van der Waals surface area contributed by atoms with E-state index in [1.807, 2.05) is 36.4 Å². The summed E-state index contributed by atoms with van der Waals surface area (Å²) in [5.74, 6) is 0.747. The summed E-state index contributed by atoms with van der Waals surface area (Å²) in [4.78, 5) is 16.8. The van der Waals surface area contributed by atoms with Crippen LogP contribution in [0, 0.1) is 0 Å². The first-order valence-electron chi connectivity index (χ1n) is 8.09. The van der Waals surface area contributed by atoms with Crippen molar-refractivity contribution >= 4 is 17.5 Å². The van der Waals surface area contributed by atoms with Gasteiger partial charge in [-0.2, -0.15) is 0 Å². The summed E-state index contributed by atoms with van der Waals surface area (Å²) in [6.45, 7) is 0. The fourth-order valence-electron chi connectivity index (χ4n) is 2.79. The van der Waals surface area contributed by atoms with Crippen LogP contribution in [-0.2, 0) is 4.79 Å². The largest absolute Gasteiger partial charge is 0.442 e. The fourth-order valence-corrected chi connectivity index (χ4v) is 2.91. The number of carbonyl (C=O) groups excluding carboxylic acids is 1. The maximum absolute atomic E-state index is 12.7. The molecule has 2 aromatic carbocycles. The SMILES string of the molecule is O=C(N[C@H](c1ccncc1)c1ccc(Cl)cc1)C1Oc2ccccc2O1. The first-order chi connectivity index (χ1) is 12.7. The number of pyridine rings is 1. The Hall–Kier alpha value is -3.05. The Morgan fingerprint density at radius 1 is 0.923 bits per heavy atom. The van der Waals surface area contributed by atoms with Gasteiger partial charge in [-0.25, -0.2) is 0 Å². The van der Waals surface area contributed by atoms with E-state index in [1.54, 1.807) is 36.7 Å². The van der Waals surface area contributed by atoms with Gasteiger partial charge in [0, 0.05) is 17.4 Å². The first kappa shape index (κ1) is 16.4. The standard InChI is InChI=1S/C20H15ClN2O3/c21-15-7-5-13(6-8-15)18(14-9-11-22-12-10-14)23-19(24)20-25-16-3-1-2-4-17(16)26-20/h1-12,18,20H,(H,23,24)/t18-/m0/s1. The maximum atomic E-state index is 12.7. The minimum atomic E-state index is -1.02. The van der Waals surface area contributed by atoms with Gasteiger partial charge in [0.1, 0.15) is 0 Å². The summed E-state index contributed by atoms with van der Waals surface area (Å²) in [5, 5.41) is 3.62. The summed E-state index contributed by atoms with van der Waals surface area (Å²) in [6.07, 6.45) is 2.34. The average Bonchev–Trinajstić information content (AvgIpc) is 3.12. The number of nitrogens with zero attached hydrogens (tertiary/aromatic N) is 1. The molecule has 0 aliphatic carbocycles. The van der Waals surface area contributed by atoms with Gasteiger partial charge in [0.25, 0.3) is 0 Å². The van der Waals surface area contributed by atoms with Gasteiger partial charge in [-0.3, -0.25) is 9.78 Å². The van der Waals surface area contributed by atoms with Gasteiger partial charge in [-0.15, -0.1) is 0 Å². The van der Waals surface area contributed by atoms with Gasteiger partial charge in [0.15, 0.2) is 11.5 Å². The molecule has 1 aliphatic rings. The van der Waals surface area contributed by atoms with Crippen LogP contribution in [0.2, 0.25) is 5.02 Å². The molecule has 1 aliphatic heterocycles. The van der Waals surface area contributed by atoms with Crippen molar-refractivity contribution in [2.45, 2.75) is 12.3 Å². The van der Waals surface area contributed by atoms with Crippen LogP contribution in [0.15, 0.2) is 73.1 Å². The molecule has 1 amide bonds. The molecule has 0 saturated carbocycles. The lowest BCUT2D eigenvalue weighted by molar-refractivity contribution is -0.137. The molecule has 6 heteroatoms. The smallest absolute Gasteiger partial charge is 0.321 e. The molecule has 1 atom stereocenters. The molecule has 0 fully saturated rings. The molecular weight excluding hydrogens is 352 g/mol. The van der Waals surface area contributed by atoms with Crippen molar-refractivity contribution in [2.75, 3.05) is 0 Å². The number of hydrogen-bond donors (Lipinski definition) is 1. The number of hydrogen-bond acceptors (Lipinski definition) is 4. The third kappa shape index (κ3) is 3.34. The summed E-state index contributed by atoms with van der Waals surface area (Å²) in [6, 6.07) is 17.8.